The molecular formula is C7H13NO2. The lowest BCUT2D eigenvalue weighted by atomic mass is 10.0. The molecule has 1 N–H and O–H groups in total. The van der Waals surface area contributed by atoms with Gasteiger partial charge in [0.25, 0.3) is 0 Å². The Morgan fingerprint density at radius 1 is 1.80 bits per heavy atom. The van der Waals surface area contributed by atoms with Crippen LogP contribution in [0.2, 0.25) is 0 Å². The van der Waals surface area contributed by atoms with Crippen LogP contribution in [0.3, 0.4) is 0 Å². The Bertz CT molecular complexity index is 147. The van der Waals surface area contributed by atoms with Gasteiger partial charge in [-0.25, -0.2) is 0 Å². The molecule has 1 fully saturated rings. The molecule has 0 aromatic rings. The SMILES string of the molecule is CCC(=O)N1CC(O)C1C. The predicted octanol–water partition coefficient (Wildman–Crippen LogP) is -0.0120. The van der Waals surface area contributed by atoms with Crippen molar-refractivity contribution in [3.63, 3.8) is 0 Å². The largest absolute Gasteiger partial charge is 0.389 e. The van der Waals surface area contributed by atoms with Crippen LogP contribution in [-0.2, 0) is 4.79 Å². The van der Waals surface area contributed by atoms with Gasteiger partial charge >= 0.3 is 0 Å². The first-order valence-electron chi connectivity index (χ1n) is 3.64. The Balaban J connectivity index is 2.40. The number of carbonyl (C=O) groups is 1. The first kappa shape index (κ1) is 7.54. The number of nitrogens with zero attached hydrogens (tertiary/aromatic N) is 1. The standard InChI is InChI=1S/C7H13NO2/c1-3-7(10)8-4-6(9)5(8)2/h5-6,9H,3-4H2,1-2H3. The summed E-state index contributed by atoms with van der Waals surface area (Å²) in [5, 5.41) is 9.04. The van der Waals surface area contributed by atoms with Gasteiger partial charge in [0.1, 0.15) is 0 Å². The van der Waals surface area contributed by atoms with E-state index >= 15 is 0 Å². The molecule has 0 aromatic heterocycles. The highest BCUT2D eigenvalue weighted by Gasteiger charge is 2.35. The fraction of sp³-hybridized carbons (Fsp3) is 0.857. The van der Waals surface area contributed by atoms with Crippen molar-refractivity contribution >= 4 is 5.91 Å². The van der Waals surface area contributed by atoms with Crippen molar-refractivity contribution in [2.75, 3.05) is 6.54 Å². The van der Waals surface area contributed by atoms with Crippen molar-refractivity contribution in [1.29, 1.82) is 0 Å². The summed E-state index contributed by atoms with van der Waals surface area (Å²) in [6, 6.07) is 0.0347. The topological polar surface area (TPSA) is 40.5 Å². The van der Waals surface area contributed by atoms with E-state index in [-0.39, 0.29) is 18.1 Å². The van der Waals surface area contributed by atoms with E-state index in [1.54, 1.807) is 4.90 Å². The van der Waals surface area contributed by atoms with E-state index < -0.39 is 0 Å². The second-order valence-corrected chi connectivity index (χ2v) is 2.71. The molecule has 0 saturated carbocycles. The zero-order valence-corrected chi connectivity index (χ0v) is 6.37. The fourth-order valence-corrected chi connectivity index (χ4v) is 1.12. The molecule has 0 bridgehead atoms. The Hall–Kier alpha value is -0.570. The van der Waals surface area contributed by atoms with Gasteiger partial charge in [0, 0.05) is 13.0 Å². The highest BCUT2D eigenvalue weighted by Crippen LogP contribution is 2.17. The van der Waals surface area contributed by atoms with Crippen molar-refractivity contribution in [1.82, 2.24) is 4.90 Å². The van der Waals surface area contributed by atoms with Crippen molar-refractivity contribution in [2.24, 2.45) is 0 Å². The number of likely N-dealkylation sites (tertiary alicyclic amines) is 1. The van der Waals surface area contributed by atoms with Crippen molar-refractivity contribution in [3.05, 3.63) is 0 Å². The second-order valence-electron chi connectivity index (χ2n) is 2.71. The summed E-state index contributed by atoms with van der Waals surface area (Å²) in [5.74, 6) is 0.137. The fourth-order valence-electron chi connectivity index (χ4n) is 1.12. The number of carbonyl (C=O) groups excluding carboxylic acids is 1. The molecule has 1 saturated heterocycles. The first-order chi connectivity index (χ1) is 4.66. The number of amides is 1. The van der Waals surface area contributed by atoms with E-state index in [1.807, 2.05) is 13.8 Å². The van der Waals surface area contributed by atoms with E-state index in [0.29, 0.717) is 13.0 Å². The lowest BCUT2D eigenvalue weighted by molar-refractivity contribution is -0.148. The minimum Gasteiger partial charge on any atom is -0.389 e. The number of aliphatic hydroxyl groups excluding tert-OH is 1. The zero-order valence-electron chi connectivity index (χ0n) is 6.37. The van der Waals surface area contributed by atoms with E-state index in [4.69, 9.17) is 5.11 Å². The molecule has 2 unspecified atom stereocenters. The van der Waals surface area contributed by atoms with Gasteiger partial charge in [-0.05, 0) is 6.92 Å². The van der Waals surface area contributed by atoms with Gasteiger partial charge in [0.05, 0.1) is 12.1 Å². The summed E-state index contributed by atoms with van der Waals surface area (Å²) in [6.45, 7) is 4.22. The van der Waals surface area contributed by atoms with Crippen LogP contribution in [0, 0.1) is 0 Å². The maximum Gasteiger partial charge on any atom is 0.222 e. The molecule has 3 heteroatoms. The van der Waals surface area contributed by atoms with E-state index in [1.165, 1.54) is 0 Å². The zero-order chi connectivity index (χ0) is 7.72. The number of hydrogen-bond acceptors (Lipinski definition) is 2. The first-order valence-corrected chi connectivity index (χ1v) is 3.64. The van der Waals surface area contributed by atoms with Crippen molar-refractivity contribution in [3.8, 4) is 0 Å². The van der Waals surface area contributed by atoms with Crippen LogP contribution in [0.1, 0.15) is 20.3 Å². The molecule has 1 amide bonds. The maximum atomic E-state index is 11.0. The van der Waals surface area contributed by atoms with Gasteiger partial charge in [-0.15, -0.1) is 0 Å². The van der Waals surface area contributed by atoms with Crippen LogP contribution in [0.15, 0.2) is 0 Å². The van der Waals surface area contributed by atoms with Gasteiger partial charge in [-0.3, -0.25) is 4.79 Å². The van der Waals surface area contributed by atoms with Crippen LogP contribution in [0.4, 0.5) is 0 Å². The van der Waals surface area contributed by atoms with E-state index in [2.05, 4.69) is 0 Å². The summed E-state index contributed by atoms with van der Waals surface area (Å²) < 4.78 is 0. The van der Waals surface area contributed by atoms with Crippen LogP contribution >= 0.6 is 0 Å². The summed E-state index contributed by atoms with van der Waals surface area (Å²) in [7, 11) is 0. The molecule has 1 heterocycles. The maximum absolute atomic E-state index is 11.0. The van der Waals surface area contributed by atoms with Gasteiger partial charge in [0.2, 0.25) is 5.91 Å². The minimum absolute atomic E-state index is 0.0347. The molecule has 0 aromatic carbocycles. The Labute approximate surface area is 60.6 Å². The smallest absolute Gasteiger partial charge is 0.222 e. The molecule has 1 aliphatic rings. The number of β-amino-alcohol motifs (C(OH)–C–C–N with tert-alkyl or cyclic N) is 1. The average molecular weight is 143 g/mol. The molecule has 0 aliphatic carbocycles. The van der Waals surface area contributed by atoms with Crippen molar-refractivity contribution < 1.29 is 9.90 Å². The molecular weight excluding hydrogens is 130 g/mol. The molecule has 1 aliphatic heterocycles. The van der Waals surface area contributed by atoms with Crippen molar-refractivity contribution in [2.45, 2.75) is 32.4 Å². The molecule has 10 heavy (non-hydrogen) atoms. The Morgan fingerprint density at radius 2 is 2.40 bits per heavy atom. The van der Waals surface area contributed by atoms with Crippen LogP contribution in [-0.4, -0.2) is 34.6 Å². The van der Waals surface area contributed by atoms with Crippen LogP contribution < -0.4 is 0 Å². The van der Waals surface area contributed by atoms with E-state index in [0.717, 1.165) is 0 Å². The molecule has 1 rings (SSSR count). The van der Waals surface area contributed by atoms with Gasteiger partial charge < -0.3 is 10.0 Å². The van der Waals surface area contributed by atoms with Gasteiger partial charge in [0.15, 0.2) is 0 Å². The average Bonchev–Trinajstić information content (AvgIpc) is 1.98. The third-order valence-electron chi connectivity index (χ3n) is 2.06. The highest BCUT2D eigenvalue weighted by molar-refractivity contribution is 5.77. The minimum atomic E-state index is -0.296. The summed E-state index contributed by atoms with van der Waals surface area (Å²) in [5.41, 5.74) is 0. The Morgan fingerprint density at radius 3 is 2.70 bits per heavy atom. The second kappa shape index (κ2) is 2.58. The van der Waals surface area contributed by atoms with Crippen LogP contribution in [0.5, 0.6) is 0 Å². The third-order valence-corrected chi connectivity index (χ3v) is 2.06. The molecule has 0 radical (unpaired) electrons. The third kappa shape index (κ3) is 1.01. The lowest BCUT2D eigenvalue weighted by Crippen LogP contribution is -2.60. The molecule has 2 atom stereocenters. The number of hydrogen-bond donors (Lipinski definition) is 1. The van der Waals surface area contributed by atoms with Crippen LogP contribution in [0.25, 0.3) is 0 Å². The Kier molecular flexibility index (Phi) is 1.94. The molecule has 58 valence electrons. The predicted molar refractivity (Wildman–Crippen MR) is 37.5 cm³/mol. The number of rotatable bonds is 1. The quantitative estimate of drug-likeness (QED) is 0.560. The summed E-state index contributed by atoms with van der Waals surface area (Å²) >= 11 is 0. The van der Waals surface area contributed by atoms with Gasteiger partial charge in [-0.1, -0.05) is 6.92 Å². The summed E-state index contributed by atoms with van der Waals surface area (Å²) in [6.07, 6.45) is 0.243. The molecule has 3 nitrogen and oxygen atoms in total. The summed E-state index contributed by atoms with van der Waals surface area (Å²) in [4.78, 5) is 12.7. The molecule has 0 spiro atoms. The normalized spacial score (nSPS) is 31.7. The van der Waals surface area contributed by atoms with E-state index in [9.17, 15) is 4.79 Å². The van der Waals surface area contributed by atoms with Gasteiger partial charge in [-0.2, -0.15) is 0 Å². The highest BCUT2D eigenvalue weighted by atomic mass is 16.3. The number of aliphatic hydroxyl groups is 1. The lowest BCUT2D eigenvalue weighted by Gasteiger charge is -2.43. The monoisotopic (exact) mass is 143 g/mol.